The number of aromatic nitrogens is 1. The molecule has 0 aliphatic carbocycles. The monoisotopic (exact) mass is 566 g/mol. The number of aromatic amines is 1. The number of hydrogen-bond donors (Lipinski definition) is 1. The highest BCUT2D eigenvalue weighted by molar-refractivity contribution is 6.54. The van der Waals surface area contributed by atoms with E-state index in [9.17, 15) is 4.79 Å². The van der Waals surface area contributed by atoms with Crippen LogP contribution in [0.15, 0.2) is 48.7 Å². The topological polar surface area (TPSA) is 45.3 Å². The zero-order valence-electron chi connectivity index (χ0n) is 28.6. The van der Waals surface area contributed by atoms with Gasteiger partial charge in [0, 0.05) is 23.5 Å². The summed E-state index contributed by atoms with van der Waals surface area (Å²) in [6.45, 7) is 8.67. The molecule has 42 heavy (non-hydrogen) atoms. The molecule has 0 saturated heterocycles. The van der Waals surface area contributed by atoms with E-state index in [2.05, 4.69) is 114 Å². The van der Waals surface area contributed by atoms with E-state index in [4.69, 9.17) is 4.74 Å². The van der Waals surface area contributed by atoms with E-state index in [-0.39, 0.29) is 21.7 Å². The van der Waals surface area contributed by atoms with Gasteiger partial charge in [-0.05, 0) is 68.2 Å². The van der Waals surface area contributed by atoms with Gasteiger partial charge in [0.2, 0.25) is 0 Å². The number of carbonyl (C=O) groups is 1. The summed E-state index contributed by atoms with van der Waals surface area (Å²) in [6, 6.07) is 5.97. The number of nitrogens with zero attached hydrogens (tertiary/aromatic N) is 1. The molecule has 0 spiro atoms. The summed E-state index contributed by atoms with van der Waals surface area (Å²) >= 11 is 0. The Labute approximate surface area is 263 Å². The van der Waals surface area contributed by atoms with Crippen LogP contribution < -0.4 is 4.74 Å². The number of esters is 1. The zero-order valence-corrected chi connectivity index (χ0v) is 28.6. The Morgan fingerprint density at radius 3 is 2.07 bits per heavy atom. The quantitative estimate of drug-likeness (QED) is 0.0883. The van der Waals surface area contributed by atoms with Crippen LogP contribution in [0.1, 0.15) is 97.0 Å². The number of ether oxygens (including phenoxy) is 1. The minimum Gasteiger partial charge on any atom is -0.426 e. The number of nitrogens with one attached hydrogen (secondary N) is 1. The molecule has 10 heteroatoms. The lowest BCUT2D eigenvalue weighted by Crippen LogP contribution is -2.64. The minimum absolute atomic E-state index is 0.0837. The molecule has 2 aromatic rings. The molecule has 0 unspecified atom stereocenters. The predicted molar refractivity (Wildman–Crippen MR) is 200 cm³/mol. The second-order valence-corrected chi connectivity index (χ2v) is 13.6. The highest BCUT2D eigenvalue weighted by Gasteiger charge is 2.42. The van der Waals surface area contributed by atoms with Gasteiger partial charge in [0.25, 0.3) is 0 Å². The number of H-pyrrole nitrogens is 1. The average Bonchev–Trinajstić information content (AvgIpc) is 3.38. The summed E-state index contributed by atoms with van der Waals surface area (Å²) in [6.07, 6.45) is 23.7. The van der Waals surface area contributed by atoms with Gasteiger partial charge < -0.3 is 14.6 Å². The molecule has 2 rings (SSSR count). The Hall–Kier alpha value is -1.94. The molecule has 1 aromatic heterocycles. The van der Waals surface area contributed by atoms with E-state index in [1.807, 2.05) is 12.1 Å². The Balaban J connectivity index is 1.83. The number of allylic oxidation sites excluding steroid dienone is 4. The SMILES string of the molecule is BC(B)(/C=C\CCCCC)/C=C\CCCCCCCC(=O)Oc1cccc2[nH]cc(C(B)(B)C(B)(B)N(CC)CC)c12. The first kappa shape index (κ1) is 36.3. The Bertz CT molecular complexity index is 1160. The lowest BCUT2D eigenvalue weighted by atomic mass is 9.31. The first-order chi connectivity index (χ1) is 19.9. The van der Waals surface area contributed by atoms with Gasteiger partial charge in [-0.15, -0.1) is 0 Å². The van der Waals surface area contributed by atoms with Crippen LogP contribution >= 0.6 is 0 Å². The predicted octanol–water partition coefficient (Wildman–Crippen LogP) is 2.56. The van der Waals surface area contributed by atoms with Crippen LogP contribution in [-0.4, -0.2) is 81.4 Å². The maximum absolute atomic E-state index is 12.9. The van der Waals surface area contributed by atoms with Gasteiger partial charge in [0.05, 0.1) is 0 Å². The van der Waals surface area contributed by atoms with Gasteiger partial charge in [0.1, 0.15) is 52.8 Å². The molecule has 0 bridgehead atoms. The lowest BCUT2D eigenvalue weighted by Gasteiger charge is -2.50. The van der Waals surface area contributed by atoms with Gasteiger partial charge in [-0.25, -0.2) is 0 Å². The van der Waals surface area contributed by atoms with Crippen LogP contribution in [0.4, 0.5) is 0 Å². The van der Waals surface area contributed by atoms with E-state index in [1.165, 1.54) is 44.1 Å². The van der Waals surface area contributed by atoms with Crippen LogP contribution in [0, 0.1) is 0 Å². The molecule has 1 aromatic carbocycles. The Morgan fingerprint density at radius 2 is 1.45 bits per heavy atom. The van der Waals surface area contributed by atoms with Crippen molar-refractivity contribution in [2.75, 3.05) is 13.1 Å². The van der Waals surface area contributed by atoms with E-state index < -0.39 is 0 Å². The maximum Gasteiger partial charge on any atom is 0.311 e. The van der Waals surface area contributed by atoms with Gasteiger partial charge >= 0.3 is 5.97 Å². The molecule has 0 radical (unpaired) electrons. The number of hydrogen-bond acceptors (Lipinski definition) is 3. The summed E-state index contributed by atoms with van der Waals surface area (Å²) < 4.78 is 6.00. The third kappa shape index (κ3) is 10.4. The number of unbranched alkanes of at least 4 members (excludes halogenated alkanes) is 8. The van der Waals surface area contributed by atoms with Crippen molar-refractivity contribution in [2.24, 2.45) is 0 Å². The van der Waals surface area contributed by atoms with Crippen molar-refractivity contribution in [1.82, 2.24) is 9.88 Å². The van der Waals surface area contributed by atoms with Crippen LogP contribution in [-0.2, 0) is 10.0 Å². The van der Waals surface area contributed by atoms with Crippen LogP contribution in [0.2, 0.25) is 5.21 Å². The van der Waals surface area contributed by atoms with Crippen LogP contribution in [0.5, 0.6) is 5.75 Å². The summed E-state index contributed by atoms with van der Waals surface area (Å²) in [7, 11) is 13.8. The maximum atomic E-state index is 12.9. The van der Waals surface area contributed by atoms with Crippen molar-refractivity contribution in [3.05, 3.63) is 54.3 Å². The molecule has 4 nitrogen and oxygen atoms in total. The van der Waals surface area contributed by atoms with E-state index in [0.717, 1.165) is 49.7 Å². The third-order valence-corrected chi connectivity index (χ3v) is 9.47. The molecule has 0 aliphatic heterocycles. The van der Waals surface area contributed by atoms with Crippen molar-refractivity contribution in [1.29, 1.82) is 0 Å². The number of benzene rings is 1. The standard InChI is InChI=1S/C32H56B6N2O2/c1-4-7-8-13-16-22-30(33,34)23-17-14-11-9-10-12-15-21-28(41)42-27-20-18-19-26-29(27)25(24-39-26)31(35,36)32(37,38)40(5-2)6-3/h16-20,22-24,39H,4-15,21,33-38H2,1-3H3/b22-16-,23-17-. The van der Waals surface area contributed by atoms with Crippen LogP contribution in [0.25, 0.3) is 10.9 Å². The summed E-state index contributed by atoms with van der Waals surface area (Å²) in [5.41, 5.74) is 2.21. The second kappa shape index (κ2) is 17.4. The minimum atomic E-state index is -0.171. The van der Waals surface area contributed by atoms with Gasteiger partial charge in [-0.1, -0.05) is 93.7 Å². The number of fused-ring (bicyclic) bond motifs is 1. The van der Waals surface area contributed by atoms with E-state index in [1.54, 1.807) is 0 Å². The second-order valence-electron chi connectivity index (χ2n) is 13.6. The first-order valence-electron chi connectivity index (χ1n) is 16.8. The lowest BCUT2D eigenvalue weighted by molar-refractivity contribution is -0.134. The molecule has 1 heterocycles. The first-order valence-corrected chi connectivity index (χ1v) is 16.8. The molecular formula is C32H56B6N2O2. The fraction of sp³-hybridized carbons (Fsp3) is 0.594. The molecule has 1 N–H and O–H groups in total. The molecule has 224 valence electrons. The zero-order chi connectivity index (χ0) is 31.2. The third-order valence-electron chi connectivity index (χ3n) is 9.47. The van der Waals surface area contributed by atoms with Gasteiger partial charge in [-0.2, -0.15) is 0 Å². The van der Waals surface area contributed by atoms with Crippen molar-refractivity contribution < 1.29 is 9.53 Å². The highest BCUT2D eigenvalue weighted by Crippen LogP contribution is 2.39. The van der Waals surface area contributed by atoms with Gasteiger partial charge in [0.15, 0.2) is 0 Å². The smallest absolute Gasteiger partial charge is 0.311 e. The van der Waals surface area contributed by atoms with Crippen molar-refractivity contribution in [3.8, 4) is 5.75 Å². The van der Waals surface area contributed by atoms with Crippen LogP contribution in [0.3, 0.4) is 0 Å². The molecule has 0 aliphatic rings. The van der Waals surface area contributed by atoms with Crippen molar-refractivity contribution in [3.63, 3.8) is 0 Å². The molecule has 0 saturated carbocycles. The molecule has 0 fully saturated rings. The van der Waals surface area contributed by atoms with Gasteiger partial charge in [-0.3, -0.25) is 4.79 Å². The number of rotatable bonds is 20. The summed E-state index contributed by atoms with van der Waals surface area (Å²) in [5, 5.41) is 0.907. The summed E-state index contributed by atoms with van der Waals surface area (Å²) in [4.78, 5) is 18.8. The fourth-order valence-electron chi connectivity index (χ4n) is 6.05. The number of carbonyl (C=O) groups excluding carboxylic acids is 1. The normalized spacial score (nSPS) is 13.1. The van der Waals surface area contributed by atoms with Crippen molar-refractivity contribution in [2.45, 2.75) is 107 Å². The highest BCUT2D eigenvalue weighted by atomic mass is 16.5. The van der Waals surface area contributed by atoms with E-state index in [0.29, 0.717) is 12.2 Å². The molecule has 0 atom stereocenters. The summed E-state index contributed by atoms with van der Waals surface area (Å²) in [5.74, 6) is 0.533. The largest absolute Gasteiger partial charge is 0.426 e. The Morgan fingerprint density at radius 1 is 0.857 bits per heavy atom. The number of likely N-dealkylation sites (N-methyl/N-ethyl adjacent to an activating group) is 1. The fourth-order valence-corrected chi connectivity index (χ4v) is 6.05. The Kier molecular flexibility index (Phi) is 15.0. The molecular weight excluding hydrogens is 509 g/mol. The molecule has 0 amide bonds. The van der Waals surface area contributed by atoms with E-state index >= 15 is 0 Å². The average molecular weight is 566 g/mol. The van der Waals surface area contributed by atoms with Crippen molar-refractivity contribution >= 4 is 63.9 Å².